The van der Waals surface area contributed by atoms with Crippen LogP contribution in [0.3, 0.4) is 0 Å². The number of hydrogen-bond donors (Lipinski definition) is 1. The van der Waals surface area contributed by atoms with E-state index in [0.29, 0.717) is 38.0 Å². The van der Waals surface area contributed by atoms with E-state index < -0.39 is 5.97 Å². The minimum absolute atomic E-state index is 0.0576. The Balaban J connectivity index is 1.29. The number of carbonyl (C=O) groups is 2. The number of rotatable bonds is 4. The van der Waals surface area contributed by atoms with E-state index in [9.17, 15) is 19.1 Å². The fourth-order valence-electron chi connectivity index (χ4n) is 4.77. The van der Waals surface area contributed by atoms with E-state index in [1.807, 2.05) is 18.2 Å². The summed E-state index contributed by atoms with van der Waals surface area (Å²) in [5.74, 6) is -1.33. The molecule has 1 amide bonds. The average molecular weight is 422 g/mol. The van der Waals surface area contributed by atoms with E-state index in [-0.39, 0.29) is 24.0 Å². The standard InChI is InChI=1S/C23H23FN4O3/c24-18-7-1-5-16-15(18)4-2-8-19(16)26-10-12-27(13-11-26)21(29)14-28-20-9-3-6-17(20)22(25-28)23(30)31/h1-2,4-5,7-8H,3,6,9-14H2,(H,30,31). The molecule has 0 atom stereocenters. The van der Waals surface area contributed by atoms with E-state index in [2.05, 4.69) is 10.00 Å². The van der Waals surface area contributed by atoms with Gasteiger partial charge in [-0.25, -0.2) is 9.18 Å². The normalized spacial score (nSPS) is 16.0. The number of carboxylic acid groups (broad SMARTS) is 1. The summed E-state index contributed by atoms with van der Waals surface area (Å²) in [6.45, 7) is 2.48. The Morgan fingerprint density at radius 2 is 1.74 bits per heavy atom. The van der Waals surface area contributed by atoms with Gasteiger partial charge < -0.3 is 14.9 Å². The number of benzene rings is 2. The lowest BCUT2D eigenvalue weighted by atomic mass is 10.1. The summed E-state index contributed by atoms with van der Waals surface area (Å²) < 4.78 is 15.7. The fourth-order valence-corrected chi connectivity index (χ4v) is 4.77. The van der Waals surface area contributed by atoms with Gasteiger partial charge in [-0.2, -0.15) is 5.10 Å². The molecule has 2 aliphatic rings. The highest BCUT2D eigenvalue weighted by Crippen LogP contribution is 2.29. The van der Waals surface area contributed by atoms with Gasteiger partial charge in [-0.15, -0.1) is 0 Å². The third-order valence-electron chi connectivity index (χ3n) is 6.31. The van der Waals surface area contributed by atoms with Crippen molar-refractivity contribution in [3.05, 3.63) is 59.2 Å². The predicted molar refractivity (Wildman–Crippen MR) is 114 cm³/mol. The Morgan fingerprint density at radius 1 is 1.00 bits per heavy atom. The van der Waals surface area contributed by atoms with Crippen molar-refractivity contribution in [2.45, 2.75) is 25.8 Å². The molecule has 0 bridgehead atoms. The maximum atomic E-state index is 14.1. The molecule has 1 N–H and O–H groups in total. The van der Waals surface area contributed by atoms with Crippen LogP contribution in [0.25, 0.3) is 10.8 Å². The van der Waals surface area contributed by atoms with Crippen molar-refractivity contribution < 1.29 is 19.1 Å². The molecule has 0 radical (unpaired) electrons. The summed E-state index contributed by atoms with van der Waals surface area (Å²) in [5, 5.41) is 15.0. The third-order valence-corrected chi connectivity index (χ3v) is 6.31. The van der Waals surface area contributed by atoms with E-state index >= 15 is 0 Å². The summed E-state index contributed by atoms with van der Waals surface area (Å²) in [6.07, 6.45) is 2.36. The molecule has 0 spiro atoms. The SMILES string of the molecule is O=C(O)c1nn(CC(=O)N2CCN(c3cccc4c(F)cccc34)CC2)c2c1CCC2. The Hall–Kier alpha value is -3.42. The molecule has 1 aromatic heterocycles. The Labute approximate surface area is 178 Å². The number of anilines is 1. The molecular formula is C23H23FN4O3. The summed E-state index contributed by atoms with van der Waals surface area (Å²) in [6, 6.07) is 10.7. The molecule has 8 heteroatoms. The third kappa shape index (κ3) is 3.41. The lowest BCUT2D eigenvalue weighted by Crippen LogP contribution is -2.49. The second-order valence-corrected chi connectivity index (χ2v) is 8.07. The molecule has 1 aliphatic heterocycles. The molecule has 0 unspecified atom stereocenters. The van der Waals surface area contributed by atoms with Gasteiger partial charge in [-0.3, -0.25) is 9.48 Å². The van der Waals surface area contributed by atoms with Crippen LogP contribution in [-0.4, -0.2) is 57.8 Å². The van der Waals surface area contributed by atoms with Crippen molar-refractivity contribution in [1.82, 2.24) is 14.7 Å². The number of fused-ring (bicyclic) bond motifs is 2. The first-order valence-electron chi connectivity index (χ1n) is 10.5. The zero-order valence-corrected chi connectivity index (χ0v) is 17.1. The van der Waals surface area contributed by atoms with Gasteiger partial charge in [-0.1, -0.05) is 24.3 Å². The molecule has 2 aromatic carbocycles. The smallest absolute Gasteiger partial charge is 0.356 e. The van der Waals surface area contributed by atoms with Gasteiger partial charge in [0.05, 0.1) is 0 Å². The quantitative estimate of drug-likeness (QED) is 0.700. The molecule has 0 saturated carbocycles. The first-order chi connectivity index (χ1) is 15.0. The largest absolute Gasteiger partial charge is 0.476 e. The van der Waals surface area contributed by atoms with Crippen LogP contribution in [0, 0.1) is 5.82 Å². The topological polar surface area (TPSA) is 78.7 Å². The number of piperazine rings is 1. The van der Waals surface area contributed by atoms with Gasteiger partial charge in [-0.05, 0) is 31.4 Å². The molecule has 1 aliphatic carbocycles. The van der Waals surface area contributed by atoms with Crippen molar-refractivity contribution >= 4 is 28.3 Å². The highest BCUT2D eigenvalue weighted by molar-refractivity contribution is 5.94. The number of aromatic nitrogens is 2. The predicted octanol–water partition coefficient (Wildman–Crippen LogP) is 2.71. The molecule has 31 heavy (non-hydrogen) atoms. The van der Waals surface area contributed by atoms with Crippen LogP contribution < -0.4 is 4.90 Å². The van der Waals surface area contributed by atoms with Gasteiger partial charge in [0.15, 0.2) is 5.69 Å². The number of carbonyl (C=O) groups excluding carboxylic acids is 1. The van der Waals surface area contributed by atoms with E-state index in [1.165, 1.54) is 6.07 Å². The van der Waals surface area contributed by atoms with Crippen LogP contribution in [0.1, 0.15) is 28.2 Å². The summed E-state index contributed by atoms with van der Waals surface area (Å²) in [5.41, 5.74) is 2.70. The molecule has 1 fully saturated rings. The van der Waals surface area contributed by atoms with Crippen LogP contribution in [-0.2, 0) is 24.2 Å². The number of hydrogen-bond acceptors (Lipinski definition) is 4. The van der Waals surface area contributed by atoms with Gasteiger partial charge >= 0.3 is 5.97 Å². The van der Waals surface area contributed by atoms with Gasteiger partial charge in [0.2, 0.25) is 5.91 Å². The van der Waals surface area contributed by atoms with Crippen molar-refractivity contribution in [2.75, 3.05) is 31.1 Å². The number of halogens is 1. The highest BCUT2D eigenvalue weighted by Gasteiger charge is 2.28. The van der Waals surface area contributed by atoms with Crippen LogP contribution in [0.4, 0.5) is 10.1 Å². The second kappa shape index (κ2) is 7.68. The van der Waals surface area contributed by atoms with Crippen molar-refractivity contribution in [1.29, 1.82) is 0 Å². The lowest BCUT2D eigenvalue weighted by Gasteiger charge is -2.36. The number of nitrogens with zero attached hydrogens (tertiary/aromatic N) is 4. The second-order valence-electron chi connectivity index (χ2n) is 8.07. The van der Waals surface area contributed by atoms with Crippen LogP contribution in [0.5, 0.6) is 0 Å². The number of carboxylic acids is 1. The molecule has 160 valence electrons. The van der Waals surface area contributed by atoms with Crippen LogP contribution in [0.15, 0.2) is 36.4 Å². The van der Waals surface area contributed by atoms with E-state index in [1.54, 1.807) is 21.7 Å². The molecule has 1 saturated heterocycles. The van der Waals surface area contributed by atoms with Crippen molar-refractivity contribution in [3.8, 4) is 0 Å². The van der Waals surface area contributed by atoms with Crippen LogP contribution in [0.2, 0.25) is 0 Å². The molecule has 7 nitrogen and oxygen atoms in total. The van der Waals surface area contributed by atoms with Crippen molar-refractivity contribution in [3.63, 3.8) is 0 Å². The first kappa shape index (κ1) is 19.5. The zero-order valence-electron chi connectivity index (χ0n) is 17.1. The maximum Gasteiger partial charge on any atom is 0.356 e. The summed E-state index contributed by atoms with van der Waals surface area (Å²) >= 11 is 0. The minimum atomic E-state index is -1.04. The summed E-state index contributed by atoms with van der Waals surface area (Å²) in [7, 11) is 0. The molecule has 3 aromatic rings. The molecular weight excluding hydrogens is 399 g/mol. The molecule has 5 rings (SSSR count). The number of aromatic carboxylic acids is 1. The minimum Gasteiger partial charge on any atom is -0.476 e. The van der Waals surface area contributed by atoms with Crippen LogP contribution >= 0.6 is 0 Å². The van der Waals surface area contributed by atoms with Gasteiger partial charge in [0.25, 0.3) is 0 Å². The monoisotopic (exact) mass is 422 g/mol. The Kier molecular flexibility index (Phi) is 4.84. The average Bonchev–Trinajstić information content (AvgIpc) is 3.38. The molecule has 2 heterocycles. The van der Waals surface area contributed by atoms with Crippen molar-refractivity contribution in [2.24, 2.45) is 0 Å². The van der Waals surface area contributed by atoms with E-state index in [0.717, 1.165) is 35.2 Å². The Bertz CT molecular complexity index is 1180. The highest BCUT2D eigenvalue weighted by atomic mass is 19.1. The van der Waals surface area contributed by atoms with Gasteiger partial charge in [0.1, 0.15) is 12.4 Å². The number of amides is 1. The Morgan fingerprint density at radius 3 is 2.52 bits per heavy atom. The fraction of sp³-hybridized carbons (Fsp3) is 0.348. The lowest BCUT2D eigenvalue weighted by molar-refractivity contribution is -0.132. The maximum absolute atomic E-state index is 14.1. The first-order valence-corrected chi connectivity index (χ1v) is 10.5. The van der Waals surface area contributed by atoms with E-state index in [4.69, 9.17) is 0 Å². The summed E-state index contributed by atoms with van der Waals surface area (Å²) in [4.78, 5) is 28.3. The zero-order chi connectivity index (χ0) is 21.5. The van der Waals surface area contributed by atoms with Gasteiger partial charge in [0, 0.05) is 53.9 Å².